The first-order valence-electron chi connectivity index (χ1n) is 7.95. The maximum Gasteiger partial charge on any atom is 0.339 e. The Morgan fingerprint density at radius 2 is 1.96 bits per heavy atom. The molecule has 130 valence electrons. The van der Waals surface area contributed by atoms with Gasteiger partial charge in [-0.1, -0.05) is 24.3 Å². The minimum atomic E-state index is -0.460. The van der Waals surface area contributed by atoms with Gasteiger partial charge in [0.2, 0.25) is 0 Å². The third-order valence-corrected chi connectivity index (χ3v) is 3.63. The number of nitrogens with one attached hydrogen (secondary N) is 1. The van der Waals surface area contributed by atoms with Crippen LogP contribution in [0.1, 0.15) is 24.2 Å². The van der Waals surface area contributed by atoms with Crippen LogP contribution in [0.15, 0.2) is 53.6 Å². The molecule has 26 heavy (non-hydrogen) atoms. The highest BCUT2D eigenvalue weighted by Crippen LogP contribution is 2.20. The monoisotopic (exact) mass is 348 g/mol. The van der Waals surface area contributed by atoms with Crippen LogP contribution in [0.4, 0.5) is 5.69 Å². The number of hydrogen-bond donors (Lipinski definition) is 1. The fourth-order valence-electron chi connectivity index (χ4n) is 2.38. The average Bonchev–Trinajstić information content (AvgIpc) is 3.03. The maximum absolute atomic E-state index is 12.6. The van der Waals surface area contributed by atoms with Gasteiger partial charge in [-0.3, -0.25) is 9.89 Å². The second kappa shape index (κ2) is 7.07. The summed E-state index contributed by atoms with van der Waals surface area (Å²) in [5, 5.41) is 2.86. The molecule has 0 bridgehead atoms. The van der Waals surface area contributed by atoms with Gasteiger partial charge in [0, 0.05) is 12.4 Å². The average molecular weight is 348 g/mol. The number of carbonyl (C=O) groups is 1. The number of nitrogens with zero attached hydrogens (tertiary/aromatic N) is 3. The van der Waals surface area contributed by atoms with Crippen molar-refractivity contribution in [2.45, 2.75) is 20.0 Å². The SMILES string of the molecule is [C-]#[N+]c1ccc(-c2c[nH]n(-c3ccc(C(=O)OC(C)C)cn3)c2=O)cc1. The molecule has 0 unspecified atom stereocenters. The van der Waals surface area contributed by atoms with E-state index < -0.39 is 5.97 Å². The standard InChI is InChI=1S/C19H16N4O3/c1-12(2)26-19(25)14-6-9-17(21-10-14)23-18(24)16(11-22-23)13-4-7-15(20-3)8-5-13/h4-12,22H,1-2H3. The summed E-state index contributed by atoms with van der Waals surface area (Å²) in [5.41, 5.74) is 1.72. The zero-order valence-corrected chi connectivity index (χ0v) is 14.3. The molecule has 7 heteroatoms. The van der Waals surface area contributed by atoms with Gasteiger partial charge in [-0.15, -0.1) is 0 Å². The van der Waals surface area contributed by atoms with Crippen LogP contribution in [0.2, 0.25) is 0 Å². The van der Waals surface area contributed by atoms with Gasteiger partial charge in [-0.25, -0.2) is 19.3 Å². The molecule has 7 nitrogen and oxygen atoms in total. The van der Waals surface area contributed by atoms with E-state index in [-0.39, 0.29) is 11.7 Å². The van der Waals surface area contributed by atoms with Crippen molar-refractivity contribution in [3.05, 3.63) is 76.1 Å². The van der Waals surface area contributed by atoms with Crippen molar-refractivity contribution in [3.8, 4) is 16.9 Å². The highest BCUT2D eigenvalue weighted by atomic mass is 16.5. The van der Waals surface area contributed by atoms with Gasteiger partial charge in [-0.2, -0.15) is 0 Å². The lowest BCUT2D eigenvalue weighted by Crippen LogP contribution is -2.17. The molecule has 1 N–H and O–H groups in total. The van der Waals surface area contributed by atoms with E-state index in [1.807, 2.05) is 0 Å². The normalized spacial score (nSPS) is 10.5. The number of benzene rings is 1. The summed E-state index contributed by atoms with van der Waals surface area (Å²) in [6, 6.07) is 9.89. The topological polar surface area (TPSA) is 81.3 Å². The van der Waals surface area contributed by atoms with Crippen LogP contribution in [0.3, 0.4) is 0 Å². The Bertz CT molecular complexity index is 1020. The van der Waals surface area contributed by atoms with E-state index >= 15 is 0 Å². The number of esters is 1. The number of aromatic nitrogens is 3. The third-order valence-electron chi connectivity index (χ3n) is 3.63. The summed E-state index contributed by atoms with van der Waals surface area (Å²) in [6.07, 6.45) is 2.74. The Morgan fingerprint density at radius 1 is 1.23 bits per heavy atom. The van der Waals surface area contributed by atoms with Crippen LogP contribution in [-0.4, -0.2) is 26.8 Å². The molecule has 0 aliphatic heterocycles. The van der Waals surface area contributed by atoms with Crippen molar-refractivity contribution in [1.29, 1.82) is 0 Å². The van der Waals surface area contributed by atoms with E-state index in [2.05, 4.69) is 14.9 Å². The van der Waals surface area contributed by atoms with Crippen LogP contribution in [-0.2, 0) is 4.74 Å². The van der Waals surface area contributed by atoms with Crippen molar-refractivity contribution in [3.63, 3.8) is 0 Å². The molecule has 0 atom stereocenters. The molecule has 0 radical (unpaired) electrons. The highest BCUT2D eigenvalue weighted by Gasteiger charge is 2.13. The number of rotatable bonds is 4. The molecular weight excluding hydrogens is 332 g/mol. The van der Waals surface area contributed by atoms with E-state index in [1.54, 1.807) is 56.4 Å². The van der Waals surface area contributed by atoms with Crippen molar-refractivity contribution >= 4 is 11.7 Å². The van der Waals surface area contributed by atoms with E-state index in [9.17, 15) is 9.59 Å². The first-order chi connectivity index (χ1) is 12.5. The van der Waals surface area contributed by atoms with Gasteiger partial charge in [-0.05, 0) is 31.5 Å². The Balaban J connectivity index is 1.89. The van der Waals surface area contributed by atoms with Gasteiger partial charge < -0.3 is 4.74 Å². The number of hydrogen-bond acceptors (Lipinski definition) is 4. The lowest BCUT2D eigenvalue weighted by Gasteiger charge is -2.07. The summed E-state index contributed by atoms with van der Waals surface area (Å²) >= 11 is 0. The second-order valence-corrected chi connectivity index (χ2v) is 5.85. The number of H-pyrrole nitrogens is 1. The fraction of sp³-hybridized carbons (Fsp3) is 0.158. The first kappa shape index (κ1) is 17.2. The molecule has 0 saturated heterocycles. The summed E-state index contributed by atoms with van der Waals surface area (Å²) in [7, 11) is 0. The van der Waals surface area contributed by atoms with Crippen molar-refractivity contribution in [2.75, 3.05) is 0 Å². The molecule has 0 saturated carbocycles. The van der Waals surface area contributed by atoms with Gasteiger partial charge >= 0.3 is 5.97 Å². The number of ether oxygens (including phenoxy) is 1. The Hall–Kier alpha value is -3.66. The van der Waals surface area contributed by atoms with E-state index in [0.29, 0.717) is 28.2 Å². The Kier molecular flexibility index (Phi) is 4.67. The van der Waals surface area contributed by atoms with Crippen LogP contribution in [0, 0.1) is 6.57 Å². The molecule has 2 heterocycles. The van der Waals surface area contributed by atoms with Gasteiger partial charge in [0.25, 0.3) is 5.56 Å². The summed E-state index contributed by atoms with van der Waals surface area (Å²) in [5.74, 6) is -0.0985. The number of carbonyl (C=O) groups excluding carboxylic acids is 1. The maximum atomic E-state index is 12.6. The third kappa shape index (κ3) is 3.39. The van der Waals surface area contributed by atoms with Gasteiger partial charge in [0.1, 0.15) is 0 Å². The zero-order chi connectivity index (χ0) is 18.7. The van der Waals surface area contributed by atoms with Crippen molar-refractivity contribution in [2.24, 2.45) is 0 Å². The predicted octanol–water partition coefficient (Wildman–Crippen LogP) is 3.34. The molecule has 0 fully saturated rings. The van der Waals surface area contributed by atoms with Crippen LogP contribution in [0.25, 0.3) is 21.8 Å². The quantitative estimate of drug-likeness (QED) is 0.579. The van der Waals surface area contributed by atoms with Gasteiger partial charge in [0.15, 0.2) is 11.5 Å². The smallest absolute Gasteiger partial charge is 0.339 e. The molecule has 3 aromatic rings. The summed E-state index contributed by atoms with van der Waals surface area (Å²) in [4.78, 5) is 32.0. The zero-order valence-electron chi connectivity index (χ0n) is 14.3. The van der Waals surface area contributed by atoms with E-state index in [1.165, 1.54) is 10.9 Å². The molecule has 0 spiro atoms. The molecule has 0 aliphatic carbocycles. The summed E-state index contributed by atoms with van der Waals surface area (Å²) in [6.45, 7) is 10.5. The fourth-order valence-corrected chi connectivity index (χ4v) is 2.38. The molecule has 2 aromatic heterocycles. The molecule has 0 aliphatic rings. The molecular formula is C19H16N4O3. The van der Waals surface area contributed by atoms with Crippen LogP contribution >= 0.6 is 0 Å². The molecule has 3 rings (SSSR count). The van der Waals surface area contributed by atoms with Gasteiger partial charge in [0.05, 0.1) is 23.8 Å². The first-order valence-corrected chi connectivity index (χ1v) is 7.95. The lowest BCUT2D eigenvalue weighted by molar-refractivity contribution is 0.0377. The largest absolute Gasteiger partial charge is 0.459 e. The minimum absolute atomic E-state index is 0.218. The highest BCUT2D eigenvalue weighted by molar-refractivity contribution is 5.89. The van der Waals surface area contributed by atoms with E-state index in [0.717, 1.165) is 0 Å². The lowest BCUT2D eigenvalue weighted by atomic mass is 10.1. The van der Waals surface area contributed by atoms with Crippen LogP contribution in [0.5, 0.6) is 0 Å². The number of pyridine rings is 1. The van der Waals surface area contributed by atoms with E-state index in [4.69, 9.17) is 11.3 Å². The summed E-state index contributed by atoms with van der Waals surface area (Å²) < 4.78 is 6.40. The Morgan fingerprint density at radius 3 is 2.54 bits per heavy atom. The number of aromatic amines is 1. The van der Waals surface area contributed by atoms with Crippen LogP contribution < -0.4 is 5.56 Å². The second-order valence-electron chi connectivity index (χ2n) is 5.85. The van der Waals surface area contributed by atoms with Crippen molar-refractivity contribution in [1.82, 2.24) is 14.8 Å². The predicted molar refractivity (Wildman–Crippen MR) is 96.4 cm³/mol. The minimum Gasteiger partial charge on any atom is -0.459 e. The molecule has 1 aromatic carbocycles. The molecule has 0 amide bonds. The van der Waals surface area contributed by atoms with Crippen molar-refractivity contribution < 1.29 is 9.53 Å². The Labute approximate surface area is 149 Å².